The molecule has 0 aromatic heterocycles. The lowest BCUT2D eigenvalue weighted by Crippen LogP contribution is -2.36. The number of carbonyl (C=O) groups is 1. The molecule has 1 aromatic rings. The molecule has 5 heteroatoms. The first-order chi connectivity index (χ1) is 8.65. The summed E-state index contributed by atoms with van der Waals surface area (Å²) >= 11 is 0. The van der Waals surface area contributed by atoms with Crippen LogP contribution < -0.4 is 11.1 Å². The predicted octanol–water partition coefficient (Wildman–Crippen LogP) is 0.730. The van der Waals surface area contributed by atoms with Crippen molar-refractivity contribution in [2.75, 3.05) is 25.4 Å². The first-order valence-corrected chi connectivity index (χ1v) is 5.86. The second kappa shape index (κ2) is 7.30. The van der Waals surface area contributed by atoms with Crippen molar-refractivity contribution in [2.24, 2.45) is 0 Å². The van der Waals surface area contributed by atoms with E-state index in [2.05, 4.69) is 5.32 Å². The summed E-state index contributed by atoms with van der Waals surface area (Å²) in [5.74, 6) is -0.131. The van der Waals surface area contributed by atoms with Gasteiger partial charge in [-0.15, -0.1) is 0 Å². The number of hydrogen-bond donors (Lipinski definition) is 2. The van der Waals surface area contributed by atoms with Gasteiger partial charge in [0.25, 0.3) is 0 Å². The van der Waals surface area contributed by atoms with Crippen LogP contribution in [0.1, 0.15) is 12.5 Å². The van der Waals surface area contributed by atoms with E-state index in [0.29, 0.717) is 13.1 Å². The maximum absolute atomic E-state index is 11.5. The maximum atomic E-state index is 11.5. The Hall–Kier alpha value is -2.06. The number of rotatable bonds is 6. The van der Waals surface area contributed by atoms with Crippen molar-refractivity contribution in [3.63, 3.8) is 0 Å². The van der Waals surface area contributed by atoms with Gasteiger partial charge in [-0.2, -0.15) is 5.26 Å². The molecule has 0 aliphatic carbocycles. The standard InChI is InChI=1S/C13H18N4O/c1-2-17(10-13(18)16-8-7-14)9-11-3-5-12(15)6-4-11/h3-6H,2,8-10,15H2,1H3,(H,16,18). The first-order valence-electron chi connectivity index (χ1n) is 5.86. The van der Waals surface area contributed by atoms with Crippen LogP contribution in [0.4, 0.5) is 5.69 Å². The van der Waals surface area contributed by atoms with Crippen molar-refractivity contribution in [2.45, 2.75) is 13.5 Å². The molecule has 0 fully saturated rings. The Morgan fingerprint density at radius 1 is 1.44 bits per heavy atom. The van der Waals surface area contributed by atoms with Crippen LogP contribution in [0, 0.1) is 11.3 Å². The number of nitrogen functional groups attached to an aromatic ring is 1. The van der Waals surface area contributed by atoms with Gasteiger partial charge in [-0.1, -0.05) is 19.1 Å². The van der Waals surface area contributed by atoms with E-state index in [9.17, 15) is 4.79 Å². The van der Waals surface area contributed by atoms with Crippen LogP contribution in [0.5, 0.6) is 0 Å². The molecule has 0 saturated carbocycles. The smallest absolute Gasteiger partial charge is 0.235 e. The third-order valence-electron chi connectivity index (χ3n) is 2.56. The lowest BCUT2D eigenvalue weighted by atomic mass is 10.2. The minimum absolute atomic E-state index is 0.0538. The molecule has 96 valence electrons. The molecule has 0 heterocycles. The number of nitrogens with one attached hydrogen (secondary N) is 1. The van der Waals surface area contributed by atoms with Gasteiger partial charge in [0.15, 0.2) is 0 Å². The highest BCUT2D eigenvalue weighted by Crippen LogP contribution is 2.08. The zero-order valence-electron chi connectivity index (χ0n) is 10.5. The third kappa shape index (κ3) is 4.85. The van der Waals surface area contributed by atoms with Crippen molar-refractivity contribution in [1.82, 2.24) is 10.2 Å². The Balaban J connectivity index is 2.49. The number of carbonyl (C=O) groups excluding carboxylic acids is 1. The number of nitrogens with two attached hydrogens (primary N) is 1. The highest BCUT2D eigenvalue weighted by molar-refractivity contribution is 5.78. The normalized spacial score (nSPS) is 10.1. The van der Waals surface area contributed by atoms with E-state index in [-0.39, 0.29) is 12.5 Å². The van der Waals surface area contributed by atoms with Crippen molar-refractivity contribution in [3.05, 3.63) is 29.8 Å². The Bertz CT molecular complexity index is 422. The highest BCUT2D eigenvalue weighted by atomic mass is 16.2. The van der Waals surface area contributed by atoms with Crippen LogP contribution in [-0.2, 0) is 11.3 Å². The molecule has 5 nitrogen and oxygen atoms in total. The maximum Gasteiger partial charge on any atom is 0.235 e. The fraction of sp³-hybridized carbons (Fsp3) is 0.385. The molecular formula is C13H18N4O. The molecule has 0 atom stereocenters. The molecule has 0 aliphatic rings. The summed E-state index contributed by atoms with van der Waals surface area (Å²) in [4.78, 5) is 13.5. The summed E-state index contributed by atoms with van der Waals surface area (Å²) in [7, 11) is 0. The van der Waals surface area contributed by atoms with Gasteiger partial charge in [0.1, 0.15) is 6.54 Å². The zero-order chi connectivity index (χ0) is 13.4. The van der Waals surface area contributed by atoms with E-state index >= 15 is 0 Å². The molecular weight excluding hydrogens is 228 g/mol. The van der Waals surface area contributed by atoms with E-state index < -0.39 is 0 Å². The molecule has 0 spiro atoms. The highest BCUT2D eigenvalue weighted by Gasteiger charge is 2.08. The molecule has 0 saturated heterocycles. The molecule has 1 amide bonds. The summed E-state index contributed by atoms with van der Waals surface area (Å²) in [6, 6.07) is 9.47. The van der Waals surface area contributed by atoms with Gasteiger partial charge in [-0.3, -0.25) is 9.69 Å². The summed E-state index contributed by atoms with van der Waals surface area (Å²) in [6.07, 6.45) is 0. The second-order valence-corrected chi connectivity index (χ2v) is 3.98. The summed E-state index contributed by atoms with van der Waals surface area (Å²) in [5.41, 5.74) is 7.46. The largest absolute Gasteiger partial charge is 0.399 e. The third-order valence-corrected chi connectivity index (χ3v) is 2.56. The summed E-state index contributed by atoms with van der Waals surface area (Å²) in [5, 5.41) is 10.9. The van der Waals surface area contributed by atoms with Gasteiger partial charge in [-0.05, 0) is 24.2 Å². The van der Waals surface area contributed by atoms with Gasteiger partial charge in [0.05, 0.1) is 12.6 Å². The molecule has 0 bridgehead atoms. The Kier molecular flexibility index (Phi) is 5.68. The Labute approximate surface area is 107 Å². The van der Waals surface area contributed by atoms with Crippen molar-refractivity contribution in [3.8, 4) is 6.07 Å². The zero-order valence-corrected chi connectivity index (χ0v) is 10.5. The fourth-order valence-electron chi connectivity index (χ4n) is 1.56. The molecule has 3 N–H and O–H groups in total. The molecule has 1 aromatic carbocycles. The topological polar surface area (TPSA) is 82.2 Å². The van der Waals surface area contributed by atoms with Crippen molar-refractivity contribution in [1.29, 1.82) is 5.26 Å². The summed E-state index contributed by atoms with van der Waals surface area (Å²) < 4.78 is 0. The number of nitrogens with zero attached hydrogens (tertiary/aromatic N) is 2. The van der Waals surface area contributed by atoms with Gasteiger partial charge >= 0.3 is 0 Å². The number of anilines is 1. The number of benzene rings is 1. The van der Waals surface area contributed by atoms with E-state index in [1.807, 2.05) is 42.2 Å². The molecule has 18 heavy (non-hydrogen) atoms. The fourth-order valence-corrected chi connectivity index (χ4v) is 1.56. The average molecular weight is 246 g/mol. The van der Waals surface area contributed by atoms with Gasteiger partial charge in [0, 0.05) is 12.2 Å². The number of nitriles is 1. The van der Waals surface area contributed by atoms with E-state index in [1.165, 1.54) is 0 Å². The van der Waals surface area contributed by atoms with Crippen LogP contribution in [0.2, 0.25) is 0 Å². The number of hydrogen-bond acceptors (Lipinski definition) is 4. The van der Waals surface area contributed by atoms with Gasteiger partial charge in [-0.25, -0.2) is 0 Å². The van der Waals surface area contributed by atoms with Crippen LogP contribution in [0.15, 0.2) is 24.3 Å². The minimum Gasteiger partial charge on any atom is -0.399 e. The summed E-state index contributed by atoms with van der Waals surface area (Å²) in [6.45, 7) is 3.80. The molecule has 0 radical (unpaired) electrons. The van der Waals surface area contributed by atoms with Crippen LogP contribution in [0.25, 0.3) is 0 Å². The minimum atomic E-state index is -0.131. The average Bonchev–Trinajstić information content (AvgIpc) is 2.38. The van der Waals surface area contributed by atoms with Crippen LogP contribution >= 0.6 is 0 Å². The Morgan fingerprint density at radius 3 is 2.67 bits per heavy atom. The first kappa shape index (κ1) is 14.0. The van der Waals surface area contributed by atoms with Crippen molar-refractivity contribution >= 4 is 11.6 Å². The lowest BCUT2D eigenvalue weighted by Gasteiger charge is -2.19. The van der Waals surface area contributed by atoms with E-state index in [0.717, 1.165) is 17.8 Å². The van der Waals surface area contributed by atoms with Crippen LogP contribution in [0.3, 0.4) is 0 Å². The monoisotopic (exact) mass is 246 g/mol. The van der Waals surface area contributed by atoms with Gasteiger partial charge < -0.3 is 11.1 Å². The predicted molar refractivity (Wildman–Crippen MR) is 70.4 cm³/mol. The van der Waals surface area contributed by atoms with E-state index in [4.69, 9.17) is 11.0 Å². The quantitative estimate of drug-likeness (QED) is 0.572. The van der Waals surface area contributed by atoms with Gasteiger partial charge in [0.2, 0.25) is 5.91 Å². The molecule has 0 unspecified atom stereocenters. The number of likely N-dealkylation sites (N-methyl/N-ethyl adjacent to an activating group) is 1. The second-order valence-electron chi connectivity index (χ2n) is 3.98. The number of amides is 1. The van der Waals surface area contributed by atoms with Crippen molar-refractivity contribution < 1.29 is 4.79 Å². The SMILES string of the molecule is CCN(CC(=O)NCC#N)Cc1ccc(N)cc1. The molecule has 1 rings (SSSR count). The lowest BCUT2D eigenvalue weighted by molar-refractivity contribution is -0.122. The Morgan fingerprint density at radius 2 is 2.11 bits per heavy atom. The van der Waals surface area contributed by atoms with Crippen LogP contribution in [-0.4, -0.2) is 30.4 Å². The molecule has 0 aliphatic heterocycles. The van der Waals surface area contributed by atoms with E-state index in [1.54, 1.807) is 0 Å².